The molecule has 0 radical (unpaired) electrons. The number of nitro benzene ring substituents is 1. The van der Waals surface area contributed by atoms with Gasteiger partial charge in [0.1, 0.15) is 0 Å². The molecule has 1 amide bonds. The smallest absolute Gasteiger partial charge is 0.307 e. The van der Waals surface area contributed by atoms with Crippen molar-refractivity contribution in [3.05, 3.63) is 74.2 Å². The number of nitrogens with one attached hydrogen (secondary N) is 1. The number of carbonyl (C=O) groups excluding carboxylic acids is 2. The summed E-state index contributed by atoms with van der Waals surface area (Å²) in [5.74, 6) is -0.894. The van der Waals surface area contributed by atoms with E-state index in [4.69, 9.17) is 4.74 Å². The molecule has 26 heavy (non-hydrogen) atoms. The van der Waals surface area contributed by atoms with Crippen molar-refractivity contribution >= 4 is 33.5 Å². The molecule has 0 aromatic heterocycles. The Morgan fingerprint density at radius 2 is 1.96 bits per heavy atom. The van der Waals surface area contributed by atoms with Crippen molar-refractivity contribution < 1.29 is 19.2 Å². The van der Waals surface area contributed by atoms with E-state index in [1.165, 1.54) is 19.2 Å². The van der Waals surface area contributed by atoms with Crippen LogP contribution in [-0.2, 0) is 20.7 Å². The summed E-state index contributed by atoms with van der Waals surface area (Å²) < 4.78 is 5.50. The third-order valence-corrected chi connectivity index (χ3v) is 4.22. The highest BCUT2D eigenvalue weighted by molar-refractivity contribution is 9.10. The summed E-state index contributed by atoms with van der Waals surface area (Å²) in [4.78, 5) is 34.7. The van der Waals surface area contributed by atoms with Crippen LogP contribution in [0.25, 0.3) is 0 Å². The number of nitrogens with zero attached hydrogens (tertiary/aromatic N) is 1. The standard InChI is InChI=1S/C18H17BrN2O5/c1-26-18(23)11-15(12-6-4-7-14(19)9-12)20-17(22)10-13-5-2-3-8-16(13)21(24)25/h2-9,15H,10-11H2,1H3,(H,20,22). The van der Waals surface area contributed by atoms with E-state index in [0.29, 0.717) is 5.56 Å². The lowest BCUT2D eigenvalue weighted by atomic mass is 10.0. The monoisotopic (exact) mass is 420 g/mol. The van der Waals surface area contributed by atoms with Crippen molar-refractivity contribution in [1.29, 1.82) is 0 Å². The molecule has 0 fully saturated rings. The Bertz CT molecular complexity index is 825. The van der Waals surface area contributed by atoms with Gasteiger partial charge in [-0.1, -0.05) is 46.3 Å². The Balaban J connectivity index is 2.18. The SMILES string of the molecule is COC(=O)CC(NC(=O)Cc1ccccc1[N+](=O)[O-])c1cccc(Br)c1. The van der Waals surface area contributed by atoms with E-state index in [1.807, 2.05) is 6.07 Å². The summed E-state index contributed by atoms with van der Waals surface area (Å²) in [6.45, 7) is 0. The van der Waals surface area contributed by atoms with Gasteiger partial charge in [0.15, 0.2) is 0 Å². The topological polar surface area (TPSA) is 98.5 Å². The highest BCUT2D eigenvalue weighted by Gasteiger charge is 2.21. The molecule has 0 saturated carbocycles. The van der Waals surface area contributed by atoms with Gasteiger partial charge in [0.25, 0.3) is 5.69 Å². The molecular formula is C18H17BrN2O5. The van der Waals surface area contributed by atoms with Crippen LogP contribution >= 0.6 is 15.9 Å². The van der Waals surface area contributed by atoms with Gasteiger partial charge in [0, 0.05) is 16.1 Å². The number of hydrogen-bond acceptors (Lipinski definition) is 5. The van der Waals surface area contributed by atoms with E-state index >= 15 is 0 Å². The van der Waals surface area contributed by atoms with Crippen molar-refractivity contribution in [2.24, 2.45) is 0 Å². The summed E-state index contributed by atoms with van der Waals surface area (Å²) in [6, 6.07) is 12.6. The van der Waals surface area contributed by atoms with E-state index in [1.54, 1.807) is 30.3 Å². The first kappa shape index (κ1) is 19.6. The molecular weight excluding hydrogens is 404 g/mol. The maximum atomic E-state index is 12.4. The molecule has 8 heteroatoms. The van der Waals surface area contributed by atoms with Crippen LogP contribution in [0.3, 0.4) is 0 Å². The molecule has 1 N–H and O–H groups in total. The molecule has 0 aliphatic heterocycles. The number of halogens is 1. The summed E-state index contributed by atoms with van der Waals surface area (Å²) in [5.41, 5.74) is 0.913. The van der Waals surface area contributed by atoms with Gasteiger partial charge in [0.2, 0.25) is 5.91 Å². The fourth-order valence-corrected chi connectivity index (χ4v) is 2.90. The van der Waals surface area contributed by atoms with E-state index in [9.17, 15) is 19.7 Å². The number of ether oxygens (including phenoxy) is 1. The zero-order valence-corrected chi connectivity index (χ0v) is 15.6. The van der Waals surface area contributed by atoms with Gasteiger partial charge in [-0.05, 0) is 17.7 Å². The Morgan fingerprint density at radius 3 is 2.62 bits per heavy atom. The van der Waals surface area contributed by atoms with Crippen molar-refractivity contribution in [2.45, 2.75) is 18.9 Å². The number of hydrogen-bond donors (Lipinski definition) is 1. The second-order valence-corrected chi connectivity index (χ2v) is 6.43. The van der Waals surface area contributed by atoms with Crippen molar-refractivity contribution in [2.75, 3.05) is 7.11 Å². The fourth-order valence-electron chi connectivity index (χ4n) is 2.48. The zero-order valence-electron chi connectivity index (χ0n) is 14.0. The number of benzene rings is 2. The summed E-state index contributed by atoms with van der Waals surface area (Å²) >= 11 is 3.36. The molecule has 2 aromatic rings. The van der Waals surface area contributed by atoms with E-state index in [0.717, 1.165) is 10.0 Å². The maximum Gasteiger partial charge on any atom is 0.307 e. The van der Waals surface area contributed by atoms with Crippen LogP contribution in [0.4, 0.5) is 5.69 Å². The van der Waals surface area contributed by atoms with Crippen LogP contribution in [0.5, 0.6) is 0 Å². The zero-order chi connectivity index (χ0) is 19.1. The lowest BCUT2D eigenvalue weighted by Gasteiger charge is -2.18. The summed E-state index contributed by atoms with van der Waals surface area (Å²) in [7, 11) is 1.27. The number of nitro groups is 1. The summed E-state index contributed by atoms with van der Waals surface area (Å²) in [5, 5.41) is 13.8. The third-order valence-electron chi connectivity index (χ3n) is 3.72. The number of carbonyl (C=O) groups is 2. The highest BCUT2D eigenvalue weighted by Crippen LogP contribution is 2.23. The second kappa shape index (κ2) is 9.10. The molecule has 0 aliphatic carbocycles. The first-order valence-electron chi connectivity index (χ1n) is 7.74. The predicted molar refractivity (Wildman–Crippen MR) is 98.5 cm³/mol. The summed E-state index contributed by atoms with van der Waals surface area (Å²) in [6.07, 6.45) is -0.210. The molecule has 0 spiro atoms. The van der Waals surface area contributed by atoms with Crippen molar-refractivity contribution in [3.8, 4) is 0 Å². The molecule has 1 atom stereocenters. The van der Waals surface area contributed by atoms with Gasteiger partial charge in [-0.25, -0.2) is 0 Å². The van der Waals surface area contributed by atoms with Gasteiger partial charge >= 0.3 is 5.97 Å². The van der Waals surface area contributed by atoms with Crippen LogP contribution in [-0.4, -0.2) is 23.9 Å². The number of esters is 1. The maximum absolute atomic E-state index is 12.4. The number of amides is 1. The van der Waals surface area contributed by atoms with E-state index in [-0.39, 0.29) is 18.5 Å². The largest absolute Gasteiger partial charge is 0.469 e. The molecule has 0 aliphatic rings. The first-order chi connectivity index (χ1) is 12.4. The molecule has 0 saturated heterocycles. The van der Waals surface area contributed by atoms with Gasteiger partial charge in [0.05, 0.1) is 30.9 Å². The minimum atomic E-state index is -0.602. The first-order valence-corrected chi connectivity index (χ1v) is 8.54. The third kappa shape index (κ3) is 5.38. The Hall–Kier alpha value is -2.74. The lowest BCUT2D eigenvalue weighted by Crippen LogP contribution is -2.31. The molecule has 0 heterocycles. The average Bonchev–Trinajstić information content (AvgIpc) is 2.61. The normalized spacial score (nSPS) is 11.5. The van der Waals surface area contributed by atoms with Gasteiger partial charge in [-0.3, -0.25) is 19.7 Å². The van der Waals surface area contributed by atoms with Crippen molar-refractivity contribution in [1.82, 2.24) is 5.32 Å². The van der Waals surface area contributed by atoms with Crippen LogP contribution in [0, 0.1) is 10.1 Å². The number of methoxy groups -OCH3 is 1. The molecule has 7 nitrogen and oxygen atoms in total. The lowest BCUT2D eigenvalue weighted by molar-refractivity contribution is -0.385. The van der Waals surface area contributed by atoms with E-state index < -0.39 is 22.8 Å². The fraction of sp³-hybridized carbons (Fsp3) is 0.222. The highest BCUT2D eigenvalue weighted by atomic mass is 79.9. The van der Waals surface area contributed by atoms with E-state index in [2.05, 4.69) is 21.2 Å². The number of para-hydroxylation sites is 1. The second-order valence-electron chi connectivity index (χ2n) is 5.52. The molecule has 136 valence electrons. The van der Waals surface area contributed by atoms with Crippen LogP contribution in [0.15, 0.2) is 53.0 Å². The Labute approximate surface area is 158 Å². The Morgan fingerprint density at radius 1 is 1.23 bits per heavy atom. The molecule has 0 bridgehead atoms. The predicted octanol–water partition coefficient (Wildman–Crippen LogP) is 3.32. The Kier molecular flexibility index (Phi) is 6.85. The van der Waals surface area contributed by atoms with Crippen LogP contribution in [0.1, 0.15) is 23.6 Å². The van der Waals surface area contributed by atoms with Crippen LogP contribution in [0.2, 0.25) is 0 Å². The molecule has 2 aromatic carbocycles. The van der Waals surface area contributed by atoms with Gasteiger partial charge in [-0.2, -0.15) is 0 Å². The minimum absolute atomic E-state index is 0.0461. The average molecular weight is 421 g/mol. The van der Waals surface area contributed by atoms with Crippen molar-refractivity contribution in [3.63, 3.8) is 0 Å². The quantitative estimate of drug-likeness (QED) is 0.420. The number of rotatable bonds is 7. The minimum Gasteiger partial charge on any atom is -0.469 e. The van der Waals surface area contributed by atoms with Crippen LogP contribution < -0.4 is 5.32 Å². The molecule has 2 rings (SSSR count). The molecule has 1 unspecified atom stereocenters. The van der Waals surface area contributed by atoms with Gasteiger partial charge < -0.3 is 10.1 Å². The van der Waals surface area contributed by atoms with Gasteiger partial charge in [-0.15, -0.1) is 0 Å².